The first kappa shape index (κ1) is 11.7. The molecule has 1 aliphatic heterocycles. The Kier molecular flexibility index (Phi) is 3.49. The van der Waals surface area contributed by atoms with Crippen molar-refractivity contribution in [3.8, 4) is 0 Å². The van der Waals surface area contributed by atoms with Gasteiger partial charge in [-0.1, -0.05) is 12.1 Å². The molecule has 0 unspecified atom stereocenters. The van der Waals surface area contributed by atoms with Gasteiger partial charge in [-0.2, -0.15) is 0 Å². The molecule has 0 fully saturated rings. The molecule has 0 aromatic heterocycles. The van der Waals surface area contributed by atoms with E-state index in [1.54, 1.807) is 16.7 Å². The molecule has 0 spiro atoms. The fourth-order valence-electron chi connectivity index (χ4n) is 1.63. The molecule has 0 radical (unpaired) electrons. The third-order valence-electron chi connectivity index (χ3n) is 2.36. The monoisotopic (exact) mass is 249 g/mol. The molecule has 2 rings (SSSR count). The van der Waals surface area contributed by atoms with E-state index in [-0.39, 0.29) is 5.91 Å². The lowest BCUT2D eigenvalue weighted by atomic mass is 10.2. The third-order valence-corrected chi connectivity index (χ3v) is 3.41. The minimum absolute atomic E-state index is 0.292. The molecule has 5 heteroatoms. The summed E-state index contributed by atoms with van der Waals surface area (Å²) in [7, 11) is 0. The highest BCUT2D eigenvalue weighted by Gasteiger charge is 2.20. The van der Waals surface area contributed by atoms with E-state index in [2.05, 4.69) is 0 Å². The zero-order valence-corrected chi connectivity index (χ0v) is 9.81. The number of amides is 1. The van der Waals surface area contributed by atoms with Crippen molar-refractivity contribution in [1.29, 1.82) is 0 Å². The Bertz CT molecular complexity index is 484. The number of carbonyl (C=O) groups excluding carboxylic acids is 1. The summed E-state index contributed by atoms with van der Waals surface area (Å²) in [5.41, 5.74) is 0.851. The Morgan fingerprint density at radius 2 is 2.06 bits per heavy atom. The van der Waals surface area contributed by atoms with Crippen molar-refractivity contribution >= 4 is 29.3 Å². The summed E-state index contributed by atoms with van der Waals surface area (Å²) in [6.07, 6.45) is 1.96. The second-order valence-corrected chi connectivity index (χ2v) is 4.61. The molecule has 0 saturated carbocycles. The predicted molar refractivity (Wildman–Crippen MR) is 66.3 cm³/mol. The standard InChI is InChI=1S/C12H11NO3S/c14-11(5-6-12(15)16)13-7-8-17-10-4-2-1-3-9(10)13/h1-6H,7-8H2,(H,15,16)/b6-5+. The van der Waals surface area contributed by atoms with Gasteiger partial charge in [0.1, 0.15) is 0 Å². The fourth-order valence-corrected chi connectivity index (χ4v) is 2.63. The van der Waals surface area contributed by atoms with Gasteiger partial charge in [-0.15, -0.1) is 11.8 Å². The molecule has 17 heavy (non-hydrogen) atoms. The van der Waals surface area contributed by atoms with E-state index in [1.165, 1.54) is 0 Å². The Morgan fingerprint density at radius 3 is 2.82 bits per heavy atom. The first-order valence-electron chi connectivity index (χ1n) is 5.13. The number of aliphatic carboxylic acids is 1. The zero-order chi connectivity index (χ0) is 12.3. The van der Waals surface area contributed by atoms with Crippen LogP contribution in [0.1, 0.15) is 0 Å². The molecule has 88 valence electrons. The number of carboxylic acid groups (broad SMARTS) is 1. The topological polar surface area (TPSA) is 57.6 Å². The van der Waals surface area contributed by atoms with E-state index >= 15 is 0 Å². The predicted octanol–water partition coefficient (Wildman–Crippen LogP) is 1.77. The molecule has 0 saturated heterocycles. The second-order valence-electron chi connectivity index (χ2n) is 3.48. The van der Waals surface area contributed by atoms with Crippen LogP contribution in [0.2, 0.25) is 0 Å². The summed E-state index contributed by atoms with van der Waals surface area (Å²) in [5.74, 6) is -0.581. The molecule has 1 N–H and O–H groups in total. The van der Waals surface area contributed by atoms with Crippen molar-refractivity contribution < 1.29 is 14.7 Å². The van der Waals surface area contributed by atoms with Gasteiger partial charge in [-0.05, 0) is 12.1 Å². The van der Waals surface area contributed by atoms with Gasteiger partial charge < -0.3 is 10.0 Å². The molecule has 1 heterocycles. The summed E-state index contributed by atoms with van der Waals surface area (Å²) in [4.78, 5) is 24.9. The van der Waals surface area contributed by atoms with Crippen LogP contribution < -0.4 is 4.90 Å². The van der Waals surface area contributed by atoms with Crippen LogP contribution in [-0.2, 0) is 9.59 Å². The number of carbonyl (C=O) groups is 2. The Morgan fingerprint density at radius 1 is 1.29 bits per heavy atom. The Balaban J connectivity index is 2.24. The first-order valence-corrected chi connectivity index (χ1v) is 6.11. The highest BCUT2D eigenvalue weighted by atomic mass is 32.2. The highest BCUT2D eigenvalue weighted by Crippen LogP contribution is 2.34. The summed E-state index contributed by atoms with van der Waals surface area (Å²) in [6, 6.07) is 7.62. The molecule has 1 amide bonds. The maximum atomic E-state index is 11.8. The molecular formula is C12H11NO3S. The average molecular weight is 249 g/mol. The number of thioether (sulfide) groups is 1. The number of anilines is 1. The van der Waals surface area contributed by atoms with Crippen LogP contribution >= 0.6 is 11.8 Å². The summed E-state index contributed by atoms with van der Waals surface area (Å²) >= 11 is 1.70. The van der Waals surface area contributed by atoms with Crippen LogP contribution in [-0.4, -0.2) is 29.3 Å². The lowest BCUT2D eigenvalue weighted by Crippen LogP contribution is -2.34. The van der Waals surface area contributed by atoms with Crippen molar-refractivity contribution in [3.05, 3.63) is 36.4 Å². The van der Waals surface area contributed by atoms with Gasteiger partial charge in [0.05, 0.1) is 5.69 Å². The van der Waals surface area contributed by atoms with E-state index < -0.39 is 5.97 Å². The zero-order valence-electron chi connectivity index (χ0n) is 9.00. The molecule has 1 aromatic carbocycles. The van der Waals surface area contributed by atoms with E-state index in [4.69, 9.17) is 5.11 Å². The lowest BCUT2D eigenvalue weighted by Gasteiger charge is -2.27. The van der Waals surface area contributed by atoms with Gasteiger partial charge in [-0.3, -0.25) is 4.79 Å². The quantitative estimate of drug-likeness (QED) is 0.811. The lowest BCUT2D eigenvalue weighted by molar-refractivity contribution is -0.131. The van der Waals surface area contributed by atoms with E-state index in [1.807, 2.05) is 24.3 Å². The van der Waals surface area contributed by atoms with Gasteiger partial charge in [0.15, 0.2) is 0 Å². The highest BCUT2D eigenvalue weighted by molar-refractivity contribution is 7.99. The van der Waals surface area contributed by atoms with Crippen LogP contribution in [0.3, 0.4) is 0 Å². The molecule has 4 nitrogen and oxygen atoms in total. The van der Waals surface area contributed by atoms with Crippen LogP contribution in [0.5, 0.6) is 0 Å². The van der Waals surface area contributed by atoms with Gasteiger partial charge in [0.25, 0.3) is 5.91 Å². The van der Waals surface area contributed by atoms with Crippen LogP contribution in [0.15, 0.2) is 41.3 Å². The molecule has 0 bridgehead atoms. The summed E-state index contributed by atoms with van der Waals surface area (Å²) in [5, 5.41) is 8.49. The van der Waals surface area contributed by atoms with Crippen molar-refractivity contribution in [1.82, 2.24) is 0 Å². The Labute approximate surface area is 103 Å². The van der Waals surface area contributed by atoms with E-state index in [0.29, 0.717) is 6.54 Å². The fraction of sp³-hybridized carbons (Fsp3) is 0.167. The van der Waals surface area contributed by atoms with Crippen LogP contribution in [0.25, 0.3) is 0 Å². The van der Waals surface area contributed by atoms with Gasteiger partial charge in [-0.25, -0.2) is 4.79 Å². The SMILES string of the molecule is O=C(O)/C=C/C(=O)N1CCSc2ccccc21. The largest absolute Gasteiger partial charge is 0.478 e. The molecule has 1 aliphatic rings. The maximum Gasteiger partial charge on any atom is 0.328 e. The number of para-hydroxylation sites is 1. The number of rotatable bonds is 2. The van der Waals surface area contributed by atoms with Gasteiger partial charge in [0, 0.05) is 29.3 Å². The average Bonchev–Trinajstić information content (AvgIpc) is 2.35. The summed E-state index contributed by atoms with van der Waals surface area (Å²) < 4.78 is 0. The normalized spacial score (nSPS) is 14.7. The summed E-state index contributed by atoms with van der Waals surface area (Å²) in [6.45, 7) is 0.602. The number of nitrogens with zero attached hydrogens (tertiary/aromatic N) is 1. The second kappa shape index (κ2) is 5.05. The number of fused-ring (bicyclic) bond motifs is 1. The van der Waals surface area contributed by atoms with Crippen LogP contribution in [0, 0.1) is 0 Å². The smallest absolute Gasteiger partial charge is 0.328 e. The van der Waals surface area contributed by atoms with Gasteiger partial charge >= 0.3 is 5.97 Å². The molecular weight excluding hydrogens is 238 g/mol. The minimum atomic E-state index is -1.11. The van der Waals surface area contributed by atoms with Gasteiger partial charge in [0.2, 0.25) is 0 Å². The number of hydrogen-bond donors (Lipinski definition) is 1. The van der Waals surface area contributed by atoms with Crippen molar-refractivity contribution in [2.75, 3.05) is 17.2 Å². The number of carboxylic acids is 1. The third kappa shape index (κ3) is 2.68. The molecule has 1 aromatic rings. The minimum Gasteiger partial charge on any atom is -0.478 e. The van der Waals surface area contributed by atoms with E-state index in [9.17, 15) is 9.59 Å². The first-order chi connectivity index (χ1) is 8.18. The number of benzene rings is 1. The molecule has 0 atom stereocenters. The van der Waals surface area contributed by atoms with Crippen LogP contribution in [0.4, 0.5) is 5.69 Å². The van der Waals surface area contributed by atoms with E-state index in [0.717, 1.165) is 28.5 Å². The molecule has 0 aliphatic carbocycles. The maximum absolute atomic E-state index is 11.8. The Hall–Kier alpha value is -1.75. The number of hydrogen-bond acceptors (Lipinski definition) is 3. The van der Waals surface area contributed by atoms with Crippen molar-refractivity contribution in [2.45, 2.75) is 4.90 Å². The van der Waals surface area contributed by atoms with Crippen molar-refractivity contribution in [2.24, 2.45) is 0 Å². The van der Waals surface area contributed by atoms with Crippen molar-refractivity contribution in [3.63, 3.8) is 0 Å².